The van der Waals surface area contributed by atoms with E-state index in [4.69, 9.17) is 14.2 Å². The maximum Gasteiger partial charge on any atom is 0.255 e. The van der Waals surface area contributed by atoms with Crippen molar-refractivity contribution in [3.63, 3.8) is 0 Å². The van der Waals surface area contributed by atoms with E-state index >= 15 is 0 Å². The number of hydrogen-bond donors (Lipinski definition) is 0. The highest BCUT2D eigenvalue weighted by Crippen LogP contribution is 2.05. The number of ether oxygens (including phenoxy) is 3. The first kappa shape index (κ1) is 26.3. The van der Waals surface area contributed by atoms with Gasteiger partial charge in [0.2, 0.25) is 0 Å². The van der Waals surface area contributed by atoms with Crippen molar-refractivity contribution in [1.82, 2.24) is 13.7 Å². The van der Waals surface area contributed by atoms with Crippen LogP contribution in [-0.4, -0.2) is 35.0 Å². The van der Waals surface area contributed by atoms with E-state index in [1.807, 2.05) is 7.05 Å². The molecule has 0 aliphatic carbocycles. The maximum absolute atomic E-state index is 11.2. The Balaban J connectivity index is 0.000000240. The van der Waals surface area contributed by atoms with Crippen molar-refractivity contribution < 1.29 is 14.2 Å². The predicted molar refractivity (Wildman–Crippen MR) is 124 cm³/mol. The summed E-state index contributed by atoms with van der Waals surface area (Å²) in [6, 6.07) is 8.19. The third-order valence-electron chi connectivity index (χ3n) is 4.56. The van der Waals surface area contributed by atoms with Crippen molar-refractivity contribution in [1.29, 1.82) is 0 Å². The van der Waals surface area contributed by atoms with Gasteiger partial charge in [-0.2, -0.15) is 0 Å². The Labute approximate surface area is 187 Å². The SMILES string of the molecule is COc1cc(=O)c(C)cn1C.COc1ccc(C)c(=O)n1C.COc1ccn(C)c(=O)c1. The molecule has 9 nitrogen and oxygen atoms in total. The highest BCUT2D eigenvalue weighted by molar-refractivity contribution is 5.19. The summed E-state index contributed by atoms with van der Waals surface area (Å²) in [7, 11) is 9.85. The smallest absolute Gasteiger partial charge is 0.255 e. The van der Waals surface area contributed by atoms with Crippen molar-refractivity contribution in [2.75, 3.05) is 21.3 Å². The van der Waals surface area contributed by atoms with Crippen molar-refractivity contribution in [2.24, 2.45) is 21.1 Å². The molecule has 0 atom stereocenters. The van der Waals surface area contributed by atoms with Gasteiger partial charge in [0.25, 0.3) is 11.1 Å². The van der Waals surface area contributed by atoms with E-state index in [-0.39, 0.29) is 16.5 Å². The minimum absolute atomic E-state index is 0.00986. The normalized spacial score (nSPS) is 9.62. The molecular formula is C23H31N3O6. The highest BCUT2D eigenvalue weighted by Gasteiger charge is 2.00. The zero-order valence-corrected chi connectivity index (χ0v) is 19.8. The molecule has 0 aliphatic rings. The van der Waals surface area contributed by atoms with Gasteiger partial charge in [-0.3, -0.25) is 19.0 Å². The Morgan fingerprint density at radius 3 is 1.88 bits per heavy atom. The van der Waals surface area contributed by atoms with Gasteiger partial charge in [-0.05, 0) is 32.0 Å². The minimum atomic E-state index is -0.0562. The predicted octanol–water partition coefficient (Wildman–Crippen LogP) is 1.80. The van der Waals surface area contributed by atoms with Crippen LogP contribution in [0, 0.1) is 13.8 Å². The lowest BCUT2D eigenvalue weighted by atomic mass is 10.3. The first-order valence-electron chi connectivity index (χ1n) is 9.68. The van der Waals surface area contributed by atoms with Crippen LogP contribution in [0.4, 0.5) is 0 Å². The van der Waals surface area contributed by atoms with E-state index in [2.05, 4.69) is 0 Å². The van der Waals surface area contributed by atoms with Crippen molar-refractivity contribution in [2.45, 2.75) is 13.8 Å². The lowest BCUT2D eigenvalue weighted by Crippen LogP contribution is -2.19. The summed E-state index contributed by atoms with van der Waals surface area (Å²) in [5.41, 5.74) is 1.41. The molecule has 3 aromatic heterocycles. The maximum atomic E-state index is 11.2. The Morgan fingerprint density at radius 2 is 1.34 bits per heavy atom. The number of hydrogen-bond acceptors (Lipinski definition) is 6. The van der Waals surface area contributed by atoms with Gasteiger partial charge in [0.1, 0.15) is 5.75 Å². The van der Waals surface area contributed by atoms with Gasteiger partial charge < -0.3 is 23.3 Å². The van der Waals surface area contributed by atoms with Gasteiger partial charge in [0.15, 0.2) is 17.2 Å². The van der Waals surface area contributed by atoms with Gasteiger partial charge in [-0.1, -0.05) is 0 Å². The van der Waals surface area contributed by atoms with Gasteiger partial charge in [-0.15, -0.1) is 0 Å². The van der Waals surface area contributed by atoms with E-state index in [0.717, 1.165) is 11.1 Å². The number of rotatable bonds is 3. The molecule has 9 heteroatoms. The number of pyridine rings is 3. The molecule has 32 heavy (non-hydrogen) atoms. The number of methoxy groups -OCH3 is 3. The monoisotopic (exact) mass is 445 g/mol. The second kappa shape index (κ2) is 12.2. The molecule has 0 saturated heterocycles. The molecule has 0 radical (unpaired) electrons. The lowest BCUT2D eigenvalue weighted by Gasteiger charge is -2.06. The van der Waals surface area contributed by atoms with Crippen molar-refractivity contribution >= 4 is 0 Å². The number of aryl methyl sites for hydroxylation is 4. The fourth-order valence-electron chi connectivity index (χ4n) is 2.55. The molecule has 0 saturated carbocycles. The average Bonchev–Trinajstić information content (AvgIpc) is 2.77. The third kappa shape index (κ3) is 7.19. The van der Waals surface area contributed by atoms with Crippen LogP contribution < -0.4 is 30.8 Å². The van der Waals surface area contributed by atoms with Crippen molar-refractivity contribution in [3.05, 3.63) is 84.8 Å². The van der Waals surface area contributed by atoms with Gasteiger partial charge >= 0.3 is 0 Å². The topological polar surface area (TPSA) is 93.7 Å². The van der Waals surface area contributed by atoms with Crippen LogP contribution in [0.1, 0.15) is 11.1 Å². The zero-order valence-electron chi connectivity index (χ0n) is 19.8. The minimum Gasteiger partial charge on any atom is -0.497 e. The van der Waals surface area contributed by atoms with Crippen molar-refractivity contribution in [3.8, 4) is 17.5 Å². The molecule has 0 aromatic carbocycles. The second-order valence-electron chi connectivity index (χ2n) is 6.91. The van der Waals surface area contributed by atoms with Crippen LogP contribution in [-0.2, 0) is 21.1 Å². The third-order valence-corrected chi connectivity index (χ3v) is 4.56. The summed E-state index contributed by atoms with van der Waals surface area (Å²) in [4.78, 5) is 33.2. The van der Waals surface area contributed by atoms with Crippen LogP contribution >= 0.6 is 0 Å². The van der Waals surface area contributed by atoms with Crippen LogP contribution in [0.15, 0.2) is 57.1 Å². The molecule has 3 aromatic rings. The Hall–Kier alpha value is -3.75. The molecule has 0 N–H and O–H groups in total. The van der Waals surface area contributed by atoms with Crippen LogP contribution in [0.5, 0.6) is 17.5 Å². The first-order chi connectivity index (χ1) is 15.0. The molecule has 0 amide bonds. The molecule has 0 spiro atoms. The van der Waals surface area contributed by atoms with E-state index < -0.39 is 0 Å². The second-order valence-corrected chi connectivity index (χ2v) is 6.91. The quantitative estimate of drug-likeness (QED) is 0.610. The van der Waals surface area contributed by atoms with Crippen LogP contribution in [0.25, 0.3) is 0 Å². The Kier molecular flexibility index (Phi) is 10.0. The van der Waals surface area contributed by atoms with E-state index in [9.17, 15) is 14.4 Å². The fraction of sp³-hybridized carbons (Fsp3) is 0.348. The van der Waals surface area contributed by atoms with Gasteiger partial charge in [-0.25, -0.2) is 0 Å². The summed E-state index contributed by atoms with van der Waals surface area (Å²) in [5, 5.41) is 0. The van der Waals surface area contributed by atoms with Gasteiger partial charge in [0.05, 0.1) is 21.3 Å². The number of aromatic nitrogens is 3. The summed E-state index contributed by atoms with van der Waals surface area (Å²) in [6.07, 6.45) is 3.42. The molecule has 3 rings (SSSR count). The first-order valence-corrected chi connectivity index (χ1v) is 9.68. The Bertz CT molecular complexity index is 1210. The van der Waals surface area contributed by atoms with Crippen LogP contribution in [0.3, 0.4) is 0 Å². The number of nitrogens with zero attached hydrogens (tertiary/aromatic N) is 3. The van der Waals surface area contributed by atoms with E-state index in [1.165, 1.54) is 28.4 Å². The van der Waals surface area contributed by atoms with Gasteiger partial charge in [0, 0.05) is 56.8 Å². The summed E-state index contributed by atoms with van der Waals surface area (Å²) in [6.45, 7) is 3.56. The molecule has 0 fully saturated rings. The molecule has 0 aliphatic heterocycles. The Morgan fingerprint density at radius 1 is 0.719 bits per heavy atom. The lowest BCUT2D eigenvalue weighted by molar-refractivity contribution is 0.375. The molecule has 0 unspecified atom stereocenters. The molecule has 0 bridgehead atoms. The van der Waals surface area contributed by atoms with E-state index in [1.54, 1.807) is 77.3 Å². The molecular weight excluding hydrogens is 414 g/mol. The zero-order chi connectivity index (χ0) is 24.4. The average molecular weight is 446 g/mol. The largest absolute Gasteiger partial charge is 0.497 e. The van der Waals surface area contributed by atoms with Crippen LogP contribution in [0.2, 0.25) is 0 Å². The summed E-state index contributed by atoms with van der Waals surface area (Å²) in [5.74, 6) is 1.77. The summed E-state index contributed by atoms with van der Waals surface area (Å²) < 4.78 is 19.5. The summed E-state index contributed by atoms with van der Waals surface area (Å²) >= 11 is 0. The fourth-order valence-corrected chi connectivity index (χ4v) is 2.55. The van der Waals surface area contributed by atoms with E-state index in [0.29, 0.717) is 17.5 Å². The molecule has 174 valence electrons. The molecule has 3 heterocycles. The highest BCUT2D eigenvalue weighted by atomic mass is 16.5. The standard InChI is InChI=1S/2C8H11NO2.C7H9NO2/c1-6-5-9(2)8(11-3)4-7(6)10;1-6-4-5-7(11-3)9(2)8(6)10;1-8-4-3-6(10-2)5-7(8)9/h2*4-5H,1-3H3;3-5H,1-2H3.